The molecule has 0 saturated heterocycles. The van der Waals surface area contributed by atoms with E-state index in [9.17, 15) is 9.59 Å². The van der Waals surface area contributed by atoms with E-state index in [1.54, 1.807) is 18.2 Å². The predicted octanol–water partition coefficient (Wildman–Crippen LogP) is 3.26. The second kappa shape index (κ2) is 8.28. The Kier molecular flexibility index (Phi) is 6.11. The van der Waals surface area contributed by atoms with Crippen LogP contribution in [0.15, 0.2) is 42.6 Å². The van der Waals surface area contributed by atoms with Crippen LogP contribution in [-0.2, 0) is 0 Å². The summed E-state index contributed by atoms with van der Waals surface area (Å²) in [6, 6.07) is 10.2. The lowest BCUT2D eigenvalue weighted by atomic mass is 10.2. The number of benzene rings is 1. The fraction of sp³-hybridized carbons (Fsp3) is 0.316. The topological polar surface area (TPSA) is 80.3 Å². The molecule has 2 amide bonds. The number of para-hydroxylation sites is 2. The van der Waals surface area contributed by atoms with Crippen molar-refractivity contribution in [3.05, 3.63) is 53.9 Å². The third-order valence-corrected chi connectivity index (χ3v) is 3.17. The summed E-state index contributed by atoms with van der Waals surface area (Å²) in [5, 5.41) is 5.57. The van der Waals surface area contributed by atoms with Gasteiger partial charge >= 0.3 is 0 Å². The number of aromatic nitrogens is 1. The normalized spacial score (nSPS) is 10.6. The van der Waals surface area contributed by atoms with Gasteiger partial charge in [-0.15, -0.1) is 0 Å². The van der Waals surface area contributed by atoms with Crippen LogP contribution in [0.25, 0.3) is 0 Å². The minimum Gasteiger partial charge on any atom is -0.489 e. The predicted molar refractivity (Wildman–Crippen MR) is 97.0 cm³/mol. The molecular weight excluding hydrogens is 318 g/mol. The van der Waals surface area contributed by atoms with Crippen molar-refractivity contribution in [3.63, 3.8) is 0 Å². The molecule has 6 heteroatoms. The number of carbonyl (C=O) groups is 2. The molecule has 0 aliphatic carbocycles. The zero-order valence-corrected chi connectivity index (χ0v) is 14.9. The first-order chi connectivity index (χ1) is 11.9. The smallest absolute Gasteiger partial charge is 0.274 e. The van der Waals surface area contributed by atoms with E-state index in [-0.39, 0.29) is 23.7 Å². The second-order valence-electron chi connectivity index (χ2n) is 6.17. The number of hydrogen-bond acceptors (Lipinski definition) is 4. The molecule has 132 valence electrons. The van der Waals surface area contributed by atoms with Gasteiger partial charge in [0.1, 0.15) is 11.4 Å². The Balaban J connectivity index is 2.18. The van der Waals surface area contributed by atoms with Gasteiger partial charge in [-0.1, -0.05) is 12.1 Å². The number of amides is 2. The monoisotopic (exact) mass is 341 g/mol. The van der Waals surface area contributed by atoms with Crippen molar-refractivity contribution < 1.29 is 14.3 Å². The first kappa shape index (κ1) is 18.4. The summed E-state index contributed by atoms with van der Waals surface area (Å²) in [4.78, 5) is 28.6. The molecule has 6 nitrogen and oxygen atoms in total. The van der Waals surface area contributed by atoms with E-state index < -0.39 is 5.91 Å². The minimum atomic E-state index is -0.404. The Morgan fingerprint density at radius 2 is 1.76 bits per heavy atom. The zero-order chi connectivity index (χ0) is 18.4. The van der Waals surface area contributed by atoms with Crippen LogP contribution >= 0.6 is 0 Å². The Morgan fingerprint density at radius 3 is 2.44 bits per heavy atom. The Morgan fingerprint density at radius 1 is 1.04 bits per heavy atom. The third-order valence-electron chi connectivity index (χ3n) is 3.17. The molecule has 0 spiro atoms. The van der Waals surface area contributed by atoms with Crippen molar-refractivity contribution in [2.75, 3.05) is 5.32 Å². The van der Waals surface area contributed by atoms with Crippen LogP contribution in [-0.4, -0.2) is 28.9 Å². The number of hydrogen-bond donors (Lipinski definition) is 2. The van der Waals surface area contributed by atoms with E-state index in [0.29, 0.717) is 17.0 Å². The van der Waals surface area contributed by atoms with E-state index in [2.05, 4.69) is 15.6 Å². The molecule has 2 aromatic rings. The molecule has 2 N–H and O–H groups in total. The average molecular weight is 341 g/mol. The molecular formula is C19H23N3O3. The maximum Gasteiger partial charge on any atom is 0.274 e. The van der Waals surface area contributed by atoms with Gasteiger partial charge in [0.25, 0.3) is 11.8 Å². The van der Waals surface area contributed by atoms with E-state index in [1.165, 1.54) is 12.3 Å². The highest BCUT2D eigenvalue weighted by molar-refractivity contribution is 6.05. The number of nitrogens with one attached hydrogen (secondary N) is 2. The van der Waals surface area contributed by atoms with Crippen molar-refractivity contribution in [2.45, 2.75) is 39.8 Å². The summed E-state index contributed by atoms with van der Waals surface area (Å²) in [6.45, 7) is 7.57. The lowest BCUT2D eigenvalue weighted by Crippen LogP contribution is -2.30. The molecule has 0 aliphatic heterocycles. The molecule has 0 radical (unpaired) electrons. The highest BCUT2D eigenvalue weighted by Gasteiger charge is 2.14. The first-order valence-electron chi connectivity index (χ1n) is 8.20. The van der Waals surface area contributed by atoms with E-state index in [0.717, 1.165) is 0 Å². The fourth-order valence-corrected chi connectivity index (χ4v) is 2.15. The van der Waals surface area contributed by atoms with Crippen LogP contribution in [0.1, 0.15) is 48.5 Å². The molecule has 25 heavy (non-hydrogen) atoms. The van der Waals surface area contributed by atoms with Crippen LogP contribution in [0, 0.1) is 0 Å². The van der Waals surface area contributed by atoms with E-state index >= 15 is 0 Å². The van der Waals surface area contributed by atoms with Crippen LogP contribution in [0.2, 0.25) is 0 Å². The summed E-state index contributed by atoms with van der Waals surface area (Å²) in [5.74, 6) is -0.0615. The van der Waals surface area contributed by atoms with Gasteiger partial charge in [-0.2, -0.15) is 0 Å². The van der Waals surface area contributed by atoms with Gasteiger partial charge in [0, 0.05) is 17.8 Å². The quantitative estimate of drug-likeness (QED) is 0.845. The molecule has 0 saturated carbocycles. The summed E-state index contributed by atoms with van der Waals surface area (Å²) in [5.41, 5.74) is 1.11. The molecule has 1 aromatic carbocycles. The van der Waals surface area contributed by atoms with E-state index in [1.807, 2.05) is 39.8 Å². The van der Waals surface area contributed by atoms with Gasteiger partial charge in [-0.3, -0.25) is 14.6 Å². The summed E-state index contributed by atoms with van der Waals surface area (Å²) in [7, 11) is 0. The summed E-state index contributed by atoms with van der Waals surface area (Å²) < 4.78 is 5.69. The highest BCUT2D eigenvalue weighted by Crippen LogP contribution is 2.25. The van der Waals surface area contributed by atoms with Crippen molar-refractivity contribution in [3.8, 4) is 5.75 Å². The van der Waals surface area contributed by atoms with Crippen LogP contribution in [0.5, 0.6) is 5.75 Å². The largest absolute Gasteiger partial charge is 0.489 e. The summed E-state index contributed by atoms with van der Waals surface area (Å²) >= 11 is 0. The Bertz CT molecular complexity index is 757. The van der Waals surface area contributed by atoms with Crippen LogP contribution < -0.4 is 15.4 Å². The van der Waals surface area contributed by atoms with Gasteiger partial charge in [0.2, 0.25) is 0 Å². The molecule has 0 bridgehead atoms. The van der Waals surface area contributed by atoms with Crippen molar-refractivity contribution in [1.82, 2.24) is 10.3 Å². The van der Waals surface area contributed by atoms with Gasteiger partial charge in [0.15, 0.2) is 0 Å². The maximum absolute atomic E-state index is 12.5. The molecule has 0 unspecified atom stereocenters. The third kappa shape index (κ3) is 5.31. The van der Waals surface area contributed by atoms with Crippen molar-refractivity contribution >= 4 is 17.5 Å². The van der Waals surface area contributed by atoms with Crippen molar-refractivity contribution in [1.29, 1.82) is 0 Å². The van der Waals surface area contributed by atoms with Crippen molar-refractivity contribution in [2.24, 2.45) is 0 Å². The Labute approximate surface area is 147 Å². The molecule has 1 heterocycles. The maximum atomic E-state index is 12.5. The van der Waals surface area contributed by atoms with Crippen LogP contribution in [0.3, 0.4) is 0 Å². The number of nitrogens with zero attached hydrogens (tertiary/aromatic N) is 1. The highest BCUT2D eigenvalue weighted by atomic mass is 16.5. The number of pyridine rings is 1. The zero-order valence-electron chi connectivity index (χ0n) is 14.9. The number of carbonyl (C=O) groups excluding carboxylic acids is 2. The molecule has 0 atom stereocenters. The van der Waals surface area contributed by atoms with Gasteiger partial charge in [-0.25, -0.2) is 0 Å². The second-order valence-corrected chi connectivity index (χ2v) is 6.17. The molecule has 0 fully saturated rings. The SMILES string of the molecule is CC(C)NC(=O)c1ccnc(C(=O)Nc2ccccc2OC(C)C)c1. The molecule has 2 rings (SSSR count). The van der Waals surface area contributed by atoms with E-state index in [4.69, 9.17) is 4.74 Å². The lowest BCUT2D eigenvalue weighted by molar-refractivity contribution is 0.0943. The standard InChI is InChI=1S/C19H23N3O3/c1-12(2)21-18(23)14-9-10-20-16(11-14)19(24)22-15-7-5-6-8-17(15)25-13(3)4/h5-13H,1-4H3,(H,21,23)(H,22,24). The van der Waals surface area contributed by atoms with Gasteiger partial charge in [-0.05, 0) is 52.0 Å². The number of ether oxygens (including phenoxy) is 1. The minimum absolute atomic E-state index is 0.0120. The van der Waals surface area contributed by atoms with Gasteiger partial charge < -0.3 is 15.4 Å². The lowest BCUT2D eigenvalue weighted by Gasteiger charge is -2.14. The Hall–Kier alpha value is -2.89. The first-order valence-corrected chi connectivity index (χ1v) is 8.20. The fourth-order valence-electron chi connectivity index (χ4n) is 2.15. The summed E-state index contributed by atoms with van der Waals surface area (Å²) in [6.07, 6.45) is 1.43. The average Bonchev–Trinajstić information content (AvgIpc) is 2.55. The van der Waals surface area contributed by atoms with Crippen LogP contribution in [0.4, 0.5) is 5.69 Å². The molecule has 1 aromatic heterocycles. The number of anilines is 1. The van der Waals surface area contributed by atoms with Gasteiger partial charge in [0.05, 0.1) is 11.8 Å². The number of rotatable bonds is 6. The molecule has 0 aliphatic rings.